The number of thioether (sulfide) groups is 1. The van der Waals surface area contributed by atoms with Crippen molar-refractivity contribution in [3.05, 3.63) is 18.0 Å². The Morgan fingerprint density at radius 2 is 2.28 bits per heavy atom. The van der Waals surface area contributed by atoms with E-state index in [4.69, 9.17) is 0 Å². The summed E-state index contributed by atoms with van der Waals surface area (Å²) < 4.78 is 2.13. The van der Waals surface area contributed by atoms with Crippen LogP contribution < -0.4 is 5.32 Å². The molecule has 1 aromatic heterocycles. The number of aryl methyl sites for hydroxylation is 1. The largest absolute Gasteiger partial charge is 0.307 e. The summed E-state index contributed by atoms with van der Waals surface area (Å²) in [6.07, 6.45) is 10.8. The number of hydrogen-bond acceptors (Lipinski definition) is 3. The normalized spacial score (nSPS) is 24.3. The third-order valence-electron chi connectivity index (χ3n) is 3.79. The molecule has 18 heavy (non-hydrogen) atoms. The summed E-state index contributed by atoms with van der Waals surface area (Å²) in [5, 5.41) is 8.92. The topological polar surface area (TPSA) is 29.9 Å². The van der Waals surface area contributed by atoms with E-state index in [2.05, 4.69) is 34.3 Å². The molecule has 1 aromatic rings. The number of nitrogens with zero attached hydrogens (tertiary/aromatic N) is 2. The second-order valence-electron chi connectivity index (χ2n) is 5.09. The lowest BCUT2D eigenvalue weighted by Crippen LogP contribution is -2.40. The number of nitrogens with one attached hydrogen (secondary N) is 1. The summed E-state index contributed by atoms with van der Waals surface area (Å²) in [6, 6.07) is 2.82. The summed E-state index contributed by atoms with van der Waals surface area (Å²) in [7, 11) is 0. The molecule has 0 bridgehead atoms. The molecule has 2 rings (SSSR count). The van der Waals surface area contributed by atoms with Crippen molar-refractivity contribution in [2.45, 2.75) is 63.4 Å². The molecular weight excluding hydrogens is 242 g/mol. The van der Waals surface area contributed by atoms with Crippen molar-refractivity contribution in [2.75, 3.05) is 6.26 Å². The van der Waals surface area contributed by atoms with E-state index in [-0.39, 0.29) is 0 Å². The van der Waals surface area contributed by atoms with Crippen molar-refractivity contribution in [3.63, 3.8) is 0 Å². The van der Waals surface area contributed by atoms with Crippen LogP contribution in [0.1, 0.15) is 44.7 Å². The quantitative estimate of drug-likeness (QED) is 0.859. The molecule has 1 aliphatic rings. The summed E-state index contributed by atoms with van der Waals surface area (Å²) in [6.45, 7) is 4.19. The van der Waals surface area contributed by atoms with E-state index in [0.29, 0.717) is 6.04 Å². The lowest BCUT2D eigenvalue weighted by molar-refractivity contribution is 0.377. The van der Waals surface area contributed by atoms with Gasteiger partial charge in [-0.15, -0.1) is 0 Å². The zero-order chi connectivity index (χ0) is 12.8. The fourth-order valence-electron chi connectivity index (χ4n) is 2.77. The van der Waals surface area contributed by atoms with Crippen LogP contribution >= 0.6 is 11.8 Å². The lowest BCUT2D eigenvalue weighted by atomic mass is 9.95. The van der Waals surface area contributed by atoms with E-state index in [1.807, 2.05) is 18.0 Å². The summed E-state index contributed by atoms with van der Waals surface area (Å²) in [5.41, 5.74) is 1.32. The van der Waals surface area contributed by atoms with Crippen LogP contribution in [0, 0.1) is 0 Å². The first kappa shape index (κ1) is 13.9. The van der Waals surface area contributed by atoms with E-state index in [9.17, 15) is 0 Å². The maximum absolute atomic E-state index is 4.38. The summed E-state index contributed by atoms with van der Waals surface area (Å²) in [4.78, 5) is 0. The van der Waals surface area contributed by atoms with Gasteiger partial charge in [0.1, 0.15) is 0 Å². The number of hydrogen-bond donors (Lipinski definition) is 1. The van der Waals surface area contributed by atoms with E-state index < -0.39 is 0 Å². The van der Waals surface area contributed by atoms with Crippen molar-refractivity contribution < 1.29 is 0 Å². The monoisotopic (exact) mass is 267 g/mol. The van der Waals surface area contributed by atoms with Crippen LogP contribution in [0.2, 0.25) is 0 Å². The average Bonchev–Trinajstić information content (AvgIpc) is 2.84. The third-order valence-corrected chi connectivity index (χ3v) is 4.96. The van der Waals surface area contributed by atoms with Crippen molar-refractivity contribution in [1.29, 1.82) is 0 Å². The maximum Gasteiger partial charge on any atom is 0.0522 e. The lowest BCUT2D eigenvalue weighted by Gasteiger charge is -2.31. The zero-order valence-electron chi connectivity index (χ0n) is 11.6. The molecule has 0 radical (unpaired) electrons. The first-order valence-electron chi connectivity index (χ1n) is 7.12. The molecule has 1 N–H and O–H groups in total. The maximum atomic E-state index is 4.38. The third kappa shape index (κ3) is 3.51. The first-order chi connectivity index (χ1) is 8.85. The van der Waals surface area contributed by atoms with Gasteiger partial charge in [-0.05, 0) is 31.6 Å². The van der Waals surface area contributed by atoms with Gasteiger partial charge in [0.15, 0.2) is 0 Å². The van der Waals surface area contributed by atoms with Crippen LogP contribution in [0.4, 0.5) is 0 Å². The molecule has 1 saturated carbocycles. The molecule has 0 amide bonds. The Labute approximate surface area is 115 Å². The van der Waals surface area contributed by atoms with Gasteiger partial charge in [0, 0.05) is 30.6 Å². The molecule has 0 spiro atoms. The minimum atomic E-state index is 0.679. The molecule has 2 atom stereocenters. The Morgan fingerprint density at radius 3 is 3.06 bits per heavy atom. The first-order valence-corrected chi connectivity index (χ1v) is 8.40. The van der Waals surface area contributed by atoms with Gasteiger partial charge in [0.05, 0.1) is 5.69 Å². The van der Waals surface area contributed by atoms with Gasteiger partial charge in [-0.3, -0.25) is 4.68 Å². The van der Waals surface area contributed by atoms with Gasteiger partial charge < -0.3 is 5.32 Å². The Balaban J connectivity index is 1.87. The molecule has 1 fully saturated rings. The highest BCUT2D eigenvalue weighted by atomic mass is 32.2. The van der Waals surface area contributed by atoms with Crippen molar-refractivity contribution in [2.24, 2.45) is 0 Å². The van der Waals surface area contributed by atoms with E-state index in [1.54, 1.807) is 0 Å². The predicted molar refractivity (Wildman–Crippen MR) is 78.9 cm³/mol. The highest BCUT2D eigenvalue weighted by Crippen LogP contribution is 2.27. The van der Waals surface area contributed by atoms with Crippen LogP contribution in [0.25, 0.3) is 0 Å². The smallest absolute Gasteiger partial charge is 0.0522 e. The summed E-state index contributed by atoms with van der Waals surface area (Å²) in [5.74, 6) is 0. The summed E-state index contributed by atoms with van der Waals surface area (Å²) >= 11 is 2.02. The number of aromatic nitrogens is 2. The van der Waals surface area contributed by atoms with Crippen LogP contribution in [0.15, 0.2) is 12.3 Å². The second-order valence-corrected chi connectivity index (χ2v) is 6.17. The molecule has 0 aliphatic heterocycles. The fourth-order valence-corrected chi connectivity index (χ4v) is 3.73. The van der Waals surface area contributed by atoms with Gasteiger partial charge in [0.25, 0.3) is 0 Å². The Morgan fingerprint density at radius 1 is 1.44 bits per heavy atom. The Kier molecular flexibility index (Phi) is 5.57. The van der Waals surface area contributed by atoms with Crippen molar-refractivity contribution >= 4 is 11.8 Å². The van der Waals surface area contributed by atoms with Crippen LogP contribution in [-0.2, 0) is 13.1 Å². The van der Waals surface area contributed by atoms with E-state index in [0.717, 1.165) is 24.8 Å². The van der Waals surface area contributed by atoms with Crippen LogP contribution in [0.5, 0.6) is 0 Å². The molecular formula is C14H25N3S. The molecule has 0 saturated heterocycles. The average molecular weight is 267 g/mol. The predicted octanol–water partition coefficient (Wildman–Crippen LogP) is 3.06. The Bertz CT molecular complexity index is 351. The minimum Gasteiger partial charge on any atom is -0.307 e. The van der Waals surface area contributed by atoms with E-state index in [1.165, 1.54) is 31.4 Å². The molecule has 3 nitrogen and oxygen atoms in total. The molecule has 1 aliphatic carbocycles. The molecule has 2 unspecified atom stereocenters. The van der Waals surface area contributed by atoms with E-state index >= 15 is 0 Å². The van der Waals surface area contributed by atoms with Crippen LogP contribution in [-0.4, -0.2) is 27.3 Å². The molecule has 4 heteroatoms. The SMILES string of the molecule is CCCn1nccc1CNC1CCCCC1SC. The minimum absolute atomic E-state index is 0.679. The molecule has 102 valence electrons. The van der Waals surface area contributed by atoms with Gasteiger partial charge in [0.2, 0.25) is 0 Å². The molecule has 0 aromatic carbocycles. The van der Waals surface area contributed by atoms with Crippen molar-refractivity contribution in [3.8, 4) is 0 Å². The van der Waals surface area contributed by atoms with Gasteiger partial charge in [-0.25, -0.2) is 0 Å². The van der Waals surface area contributed by atoms with Gasteiger partial charge >= 0.3 is 0 Å². The van der Waals surface area contributed by atoms with Gasteiger partial charge in [-0.2, -0.15) is 16.9 Å². The van der Waals surface area contributed by atoms with Gasteiger partial charge in [-0.1, -0.05) is 19.8 Å². The van der Waals surface area contributed by atoms with Crippen LogP contribution in [0.3, 0.4) is 0 Å². The highest BCUT2D eigenvalue weighted by Gasteiger charge is 2.23. The zero-order valence-corrected chi connectivity index (χ0v) is 12.4. The standard InChI is InChI=1S/C14H25N3S/c1-3-10-17-12(8-9-16-17)11-15-13-6-4-5-7-14(13)18-2/h8-9,13-15H,3-7,10-11H2,1-2H3. The Hall–Kier alpha value is -0.480. The number of rotatable bonds is 6. The molecule has 1 heterocycles. The highest BCUT2D eigenvalue weighted by molar-refractivity contribution is 7.99. The van der Waals surface area contributed by atoms with Crippen molar-refractivity contribution in [1.82, 2.24) is 15.1 Å². The second kappa shape index (κ2) is 7.19. The fraction of sp³-hybridized carbons (Fsp3) is 0.786.